The number of nitrogens with one attached hydrogen (secondary N) is 1. The van der Waals surface area contributed by atoms with Crippen LogP contribution in [0.5, 0.6) is 0 Å². The molecule has 3 heterocycles. The van der Waals surface area contributed by atoms with Gasteiger partial charge in [0.05, 0.1) is 27.3 Å². The average molecular weight is 442 g/mol. The van der Waals surface area contributed by atoms with Crippen LogP contribution in [-0.2, 0) is 0 Å². The molecule has 1 aliphatic heterocycles. The van der Waals surface area contributed by atoms with Crippen LogP contribution in [0.4, 0.5) is 15.9 Å². The summed E-state index contributed by atoms with van der Waals surface area (Å²) in [5.41, 5.74) is 7.60. The van der Waals surface area contributed by atoms with Crippen LogP contribution in [0.1, 0.15) is 16.8 Å². The molecular formula is C20H17ClFN7O2. The van der Waals surface area contributed by atoms with Gasteiger partial charge in [-0.05, 0) is 30.7 Å². The fourth-order valence-corrected chi connectivity index (χ4v) is 4.05. The number of fused-ring (bicyclic) bond motifs is 1. The van der Waals surface area contributed by atoms with Crippen LogP contribution in [0.2, 0.25) is 5.02 Å². The number of nitrogens with two attached hydrogens (primary N) is 1. The predicted octanol–water partition coefficient (Wildman–Crippen LogP) is 2.79. The van der Waals surface area contributed by atoms with E-state index in [0.717, 1.165) is 5.69 Å². The molecule has 11 heteroatoms. The quantitative estimate of drug-likeness (QED) is 0.500. The van der Waals surface area contributed by atoms with E-state index in [1.807, 2.05) is 6.07 Å². The fraction of sp³-hybridized carbons (Fsp3) is 0.200. The van der Waals surface area contributed by atoms with E-state index >= 15 is 0 Å². The van der Waals surface area contributed by atoms with Crippen LogP contribution >= 0.6 is 11.6 Å². The van der Waals surface area contributed by atoms with Crippen LogP contribution in [0, 0.1) is 5.82 Å². The Morgan fingerprint density at radius 2 is 2.19 bits per heavy atom. The van der Waals surface area contributed by atoms with E-state index in [1.165, 1.54) is 29.5 Å². The van der Waals surface area contributed by atoms with E-state index in [-0.39, 0.29) is 17.4 Å². The van der Waals surface area contributed by atoms with Crippen molar-refractivity contribution in [3.63, 3.8) is 0 Å². The number of nitrogens with zero attached hydrogens (tertiary/aromatic N) is 5. The second-order valence-corrected chi connectivity index (χ2v) is 7.65. The van der Waals surface area contributed by atoms with Gasteiger partial charge in [-0.1, -0.05) is 16.8 Å². The summed E-state index contributed by atoms with van der Waals surface area (Å²) in [5.74, 6) is -0.868. The van der Waals surface area contributed by atoms with Crippen LogP contribution in [0.25, 0.3) is 16.7 Å². The normalized spacial score (nSPS) is 16.2. The van der Waals surface area contributed by atoms with Gasteiger partial charge in [-0.2, -0.15) is 5.10 Å². The van der Waals surface area contributed by atoms with E-state index in [9.17, 15) is 9.18 Å². The van der Waals surface area contributed by atoms with E-state index < -0.39 is 11.7 Å². The first-order valence-electron chi connectivity index (χ1n) is 9.55. The molecule has 5 rings (SSSR count). The highest BCUT2D eigenvalue weighted by molar-refractivity contribution is 6.36. The summed E-state index contributed by atoms with van der Waals surface area (Å²) >= 11 is 6.21. The molecule has 1 fully saturated rings. The number of hydrogen-bond acceptors (Lipinski definition) is 7. The molecule has 2 aromatic heterocycles. The molecule has 158 valence electrons. The van der Waals surface area contributed by atoms with Crippen molar-refractivity contribution in [2.75, 3.05) is 23.7 Å². The highest BCUT2D eigenvalue weighted by atomic mass is 35.5. The van der Waals surface area contributed by atoms with Gasteiger partial charge in [0.15, 0.2) is 11.4 Å². The molecule has 4 aromatic rings. The SMILES string of the molecule is Nc1noc2c(N3CC[C@@H](NC(=O)c4ccc(-n5cncn5)cc4F)C3)ccc(Cl)c12. The van der Waals surface area contributed by atoms with Crippen molar-refractivity contribution in [1.29, 1.82) is 0 Å². The zero-order valence-electron chi connectivity index (χ0n) is 16.1. The molecule has 3 N–H and O–H groups in total. The van der Waals surface area contributed by atoms with E-state index in [4.69, 9.17) is 21.9 Å². The predicted molar refractivity (Wildman–Crippen MR) is 113 cm³/mol. The summed E-state index contributed by atoms with van der Waals surface area (Å²) < 4.78 is 21.3. The topological polar surface area (TPSA) is 115 Å². The van der Waals surface area contributed by atoms with Crippen LogP contribution in [-0.4, -0.2) is 45.0 Å². The third-order valence-electron chi connectivity index (χ3n) is 5.32. The van der Waals surface area contributed by atoms with Crippen LogP contribution in [0.3, 0.4) is 0 Å². The number of amides is 1. The Bertz CT molecular complexity index is 1270. The Morgan fingerprint density at radius 1 is 1.32 bits per heavy atom. The van der Waals surface area contributed by atoms with Crippen molar-refractivity contribution >= 4 is 40.0 Å². The van der Waals surface area contributed by atoms with E-state index in [2.05, 4.69) is 25.5 Å². The first kappa shape index (κ1) is 19.3. The molecule has 0 aliphatic carbocycles. The van der Waals surface area contributed by atoms with Gasteiger partial charge in [0, 0.05) is 25.2 Å². The molecule has 0 spiro atoms. The lowest BCUT2D eigenvalue weighted by Crippen LogP contribution is -2.37. The summed E-state index contributed by atoms with van der Waals surface area (Å²) in [7, 11) is 0. The highest BCUT2D eigenvalue weighted by Crippen LogP contribution is 2.36. The molecule has 1 saturated heterocycles. The van der Waals surface area contributed by atoms with Gasteiger partial charge in [0.1, 0.15) is 18.5 Å². The van der Waals surface area contributed by atoms with Crippen molar-refractivity contribution < 1.29 is 13.7 Å². The van der Waals surface area contributed by atoms with Crippen molar-refractivity contribution in [3.8, 4) is 5.69 Å². The molecule has 1 aliphatic rings. The maximum Gasteiger partial charge on any atom is 0.254 e. The molecule has 0 unspecified atom stereocenters. The molecule has 0 radical (unpaired) electrons. The second kappa shape index (κ2) is 7.55. The van der Waals surface area contributed by atoms with Crippen molar-refractivity contribution in [1.82, 2.24) is 25.2 Å². The Morgan fingerprint density at radius 3 is 2.97 bits per heavy atom. The van der Waals surface area contributed by atoms with Gasteiger partial charge < -0.3 is 20.5 Å². The third kappa shape index (κ3) is 3.44. The second-order valence-electron chi connectivity index (χ2n) is 7.25. The first-order chi connectivity index (χ1) is 15.0. The molecule has 2 aromatic carbocycles. The van der Waals surface area contributed by atoms with Crippen LogP contribution in [0.15, 0.2) is 47.5 Å². The van der Waals surface area contributed by atoms with Gasteiger partial charge in [0.2, 0.25) is 0 Å². The van der Waals surface area contributed by atoms with Crippen molar-refractivity contribution in [2.24, 2.45) is 0 Å². The maximum atomic E-state index is 14.5. The number of aromatic nitrogens is 4. The smallest absolute Gasteiger partial charge is 0.254 e. The number of nitrogen functional groups attached to an aromatic ring is 1. The number of anilines is 2. The van der Waals surface area contributed by atoms with E-state index in [1.54, 1.807) is 12.1 Å². The summed E-state index contributed by atoms with van der Waals surface area (Å²) in [4.78, 5) is 18.5. The van der Waals surface area contributed by atoms with Gasteiger partial charge in [-0.25, -0.2) is 14.1 Å². The summed E-state index contributed by atoms with van der Waals surface area (Å²) in [5, 5.41) is 11.7. The van der Waals surface area contributed by atoms with Gasteiger partial charge >= 0.3 is 0 Å². The Labute approximate surface area is 180 Å². The van der Waals surface area contributed by atoms with Gasteiger partial charge in [-0.3, -0.25) is 4.79 Å². The lowest BCUT2D eigenvalue weighted by Gasteiger charge is -2.19. The van der Waals surface area contributed by atoms with Crippen molar-refractivity contribution in [2.45, 2.75) is 12.5 Å². The zero-order chi connectivity index (χ0) is 21.5. The molecule has 9 nitrogen and oxygen atoms in total. The molecular weight excluding hydrogens is 425 g/mol. The van der Waals surface area contributed by atoms with Crippen LogP contribution < -0.4 is 16.0 Å². The maximum absolute atomic E-state index is 14.5. The summed E-state index contributed by atoms with van der Waals surface area (Å²) in [6.07, 6.45) is 3.50. The minimum atomic E-state index is -0.628. The van der Waals surface area contributed by atoms with Crippen molar-refractivity contribution in [3.05, 3.63) is 59.4 Å². The molecule has 0 saturated carbocycles. The number of carbonyl (C=O) groups excluding carboxylic acids is 1. The minimum absolute atomic E-state index is 0.0285. The first-order valence-corrected chi connectivity index (χ1v) is 9.93. The molecule has 1 atom stereocenters. The minimum Gasteiger partial charge on any atom is -0.380 e. The largest absolute Gasteiger partial charge is 0.380 e. The molecule has 1 amide bonds. The lowest BCUT2D eigenvalue weighted by molar-refractivity contribution is 0.0936. The average Bonchev–Trinajstić information content (AvgIpc) is 3.50. The summed E-state index contributed by atoms with van der Waals surface area (Å²) in [6.45, 7) is 1.21. The standard InChI is InChI=1S/C20H17ClFN7O2/c21-14-3-4-16(18-17(14)19(23)27-31-18)28-6-5-11(8-28)26-20(30)13-2-1-12(7-15(13)22)29-10-24-9-25-29/h1-4,7,9-11H,5-6,8H2,(H2,23,27)(H,26,30)/t11-/m1/s1. The lowest BCUT2D eigenvalue weighted by atomic mass is 10.1. The highest BCUT2D eigenvalue weighted by Gasteiger charge is 2.28. The Kier molecular flexibility index (Phi) is 4.70. The zero-order valence-corrected chi connectivity index (χ0v) is 16.9. The fourth-order valence-electron chi connectivity index (χ4n) is 3.80. The monoisotopic (exact) mass is 441 g/mol. The Balaban J connectivity index is 1.30. The number of benzene rings is 2. The molecule has 0 bridgehead atoms. The van der Waals surface area contributed by atoms with Gasteiger partial charge in [0.25, 0.3) is 5.91 Å². The summed E-state index contributed by atoms with van der Waals surface area (Å²) in [6, 6.07) is 7.73. The number of halogens is 2. The molecule has 31 heavy (non-hydrogen) atoms. The number of hydrogen-bond donors (Lipinski definition) is 2. The third-order valence-corrected chi connectivity index (χ3v) is 5.64. The Hall–Kier alpha value is -3.66. The van der Waals surface area contributed by atoms with Gasteiger partial charge in [-0.15, -0.1) is 0 Å². The number of carbonyl (C=O) groups is 1. The number of rotatable bonds is 4. The van der Waals surface area contributed by atoms with E-state index in [0.29, 0.717) is 41.2 Å².